The number of nitrogens with zero attached hydrogens (tertiary/aromatic N) is 2. The smallest absolute Gasteiger partial charge is 0.416 e. The molecule has 1 saturated heterocycles. The summed E-state index contributed by atoms with van der Waals surface area (Å²) in [6.07, 6.45) is -3.57. The molecule has 0 spiro atoms. The summed E-state index contributed by atoms with van der Waals surface area (Å²) in [7, 11) is 0. The number of benzene rings is 2. The lowest BCUT2D eigenvalue weighted by atomic mass is 9.84. The van der Waals surface area contributed by atoms with Gasteiger partial charge in [-0.3, -0.25) is 14.4 Å². The molecule has 1 aliphatic heterocycles. The van der Waals surface area contributed by atoms with E-state index in [0.29, 0.717) is 30.5 Å². The molecular formula is C28H29F3N2O4S. The molecule has 10 heteroatoms. The van der Waals surface area contributed by atoms with Gasteiger partial charge in [0, 0.05) is 41.5 Å². The Hall–Kier alpha value is -3.40. The van der Waals surface area contributed by atoms with Crippen molar-refractivity contribution in [1.82, 2.24) is 9.80 Å². The highest BCUT2D eigenvalue weighted by Gasteiger charge is 2.51. The van der Waals surface area contributed by atoms with Gasteiger partial charge in [0.15, 0.2) is 0 Å². The van der Waals surface area contributed by atoms with Crippen molar-refractivity contribution in [3.63, 3.8) is 0 Å². The van der Waals surface area contributed by atoms with Crippen molar-refractivity contribution in [1.29, 1.82) is 0 Å². The van der Waals surface area contributed by atoms with E-state index < -0.39 is 17.3 Å². The summed E-state index contributed by atoms with van der Waals surface area (Å²) in [5, 5.41) is 2.63. The molecule has 0 N–H and O–H groups in total. The minimum Gasteiger partial charge on any atom is -0.466 e. The molecule has 1 atom stereocenters. The molecule has 0 saturated carbocycles. The molecule has 0 aliphatic carbocycles. The van der Waals surface area contributed by atoms with E-state index in [1.54, 1.807) is 24.1 Å². The highest BCUT2D eigenvalue weighted by atomic mass is 32.1. The maximum Gasteiger partial charge on any atom is 0.416 e. The first-order chi connectivity index (χ1) is 18.0. The summed E-state index contributed by atoms with van der Waals surface area (Å²) < 4.78 is 45.0. The number of fused-ring (bicyclic) bond motifs is 1. The van der Waals surface area contributed by atoms with Gasteiger partial charge in [0.2, 0.25) is 5.91 Å². The minimum atomic E-state index is -4.46. The molecule has 2 heterocycles. The van der Waals surface area contributed by atoms with Gasteiger partial charge in [-0.15, -0.1) is 11.3 Å². The second-order valence-corrected chi connectivity index (χ2v) is 10.4. The van der Waals surface area contributed by atoms with Gasteiger partial charge in [-0.05, 0) is 50.5 Å². The van der Waals surface area contributed by atoms with Gasteiger partial charge < -0.3 is 14.5 Å². The predicted molar refractivity (Wildman–Crippen MR) is 139 cm³/mol. The first-order valence-electron chi connectivity index (χ1n) is 12.4. The minimum absolute atomic E-state index is 0.0544. The zero-order valence-corrected chi connectivity index (χ0v) is 22.0. The van der Waals surface area contributed by atoms with Crippen LogP contribution in [0.25, 0.3) is 10.1 Å². The number of halogens is 3. The van der Waals surface area contributed by atoms with Crippen molar-refractivity contribution in [2.75, 3.05) is 19.7 Å². The van der Waals surface area contributed by atoms with Crippen LogP contribution in [0, 0.1) is 0 Å². The molecule has 1 aliphatic rings. The fraction of sp³-hybridized carbons (Fsp3) is 0.393. The molecule has 0 radical (unpaired) electrons. The molecule has 0 bridgehead atoms. The molecule has 3 aromatic rings. The number of amides is 2. The lowest BCUT2D eigenvalue weighted by molar-refractivity contribution is -0.150. The van der Waals surface area contributed by atoms with Crippen molar-refractivity contribution in [2.24, 2.45) is 0 Å². The summed E-state index contributed by atoms with van der Waals surface area (Å²) in [6.45, 7) is 4.34. The van der Waals surface area contributed by atoms with Crippen LogP contribution in [0.5, 0.6) is 0 Å². The first-order valence-corrected chi connectivity index (χ1v) is 13.3. The average molecular weight is 547 g/mol. The van der Waals surface area contributed by atoms with E-state index in [0.717, 1.165) is 22.2 Å². The Morgan fingerprint density at radius 2 is 1.82 bits per heavy atom. The monoisotopic (exact) mass is 546 g/mol. The zero-order valence-electron chi connectivity index (χ0n) is 21.2. The molecule has 1 fully saturated rings. The predicted octanol–water partition coefficient (Wildman–Crippen LogP) is 5.90. The maximum atomic E-state index is 13.9. The highest BCUT2D eigenvalue weighted by Crippen LogP contribution is 2.37. The number of thiophene rings is 1. The normalized spacial score (nSPS) is 17.2. The molecule has 2 amide bonds. The Balaban J connectivity index is 1.54. The number of likely N-dealkylation sites (tertiary alicyclic amines) is 1. The van der Waals surface area contributed by atoms with Crippen LogP contribution in [0.3, 0.4) is 0 Å². The fourth-order valence-corrected chi connectivity index (χ4v) is 5.59. The number of hydrogen-bond donors (Lipinski definition) is 0. The Bertz CT molecular complexity index is 1320. The van der Waals surface area contributed by atoms with Crippen LogP contribution in [0.4, 0.5) is 13.2 Å². The Labute approximate surface area is 223 Å². The number of carbonyl (C=O) groups is 3. The van der Waals surface area contributed by atoms with Gasteiger partial charge >= 0.3 is 12.1 Å². The first kappa shape index (κ1) is 27.6. The van der Waals surface area contributed by atoms with E-state index in [9.17, 15) is 27.6 Å². The number of rotatable bonds is 9. The number of alkyl halides is 3. The maximum absolute atomic E-state index is 13.9. The molecule has 1 unspecified atom stereocenters. The summed E-state index contributed by atoms with van der Waals surface area (Å²) in [5.41, 5.74) is -0.809. The number of ether oxygens (including phenoxy) is 1. The van der Waals surface area contributed by atoms with Gasteiger partial charge in [0.25, 0.3) is 5.91 Å². The van der Waals surface area contributed by atoms with Gasteiger partial charge in [-0.2, -0.15) is 13.2 Å². The Morgan fingerprint density at radius 3 is 2.45 bits per heavy atom. The number of carbonyl (C=O) groups excluding carboxylic acids is 3. The van der Waals surface area contributed by atoms with Crippen molar-refractivity contribution in [2.45, 2.75) is 51.4 Å². The number of esters is 1. The summed E-state index contributed by atoms with van der Waals surface area (Å²) in [5.74, 6) is -0.920. The van der Waals surface area contributed by atoms with Crippen LogP contribution in [-0.2, 0) is 27.0 Å². The average Bonchev–Trinajstić information content (AvgIpc) is 3.31. The van der Waals surface area contributed by atoms with Crippen LogP contribution in [0.15, 0.2) is 53.9 Å². The fourth-order valence-electron chi connectivity index (χ4n) is 4.66. The molecule has 6 nitrogen and oxygen atoms in total. The van der Waals surface area contributed by atoms with Gasteiger partial charge in [-0.1, -0.05) is 30.3 Å². The molecule has 202 valence electrons. The highest BCUT2D eigenvalue weighted by molar-refractivity contribution is 7.17. The summed E-state index contributed by atoms with van der Waals surface area (Å²) >= 11 is 1.46. The van der Waals surface area contributed by atoms with E-state index in [-0.39, 0.29) is 43.9 Å². The quantitative estimate of drug-likeness (QED) is 0.314. The largest absolute Gasteiger partial charge is 0.466 e. The third kappa shape index (κ3) is 5.70. The van der Waals surface area contributed by atoms with Gasteiger partial charge in [0.05, 0.1) is 17.7 Å². The molecule has 2 aromatic carbocycles. The third-order valence-corrected chi connectivity index (χ3v) is 7.85. The van der Waals surface area contributed by atoms with E-state index >= 15 is 0 Å². The van der Waals surface area contributed by atoms with Crippen LogP contribution in [-0.4, -0.2) is 52.8 Å². The van der Waals surface area contributed by atoms with Gasteiger partial charge in [-0.25, -0.2) is 0 Å². The molecule has 4 rings (SSSR count). The van der Waals surface area contributed by atoms with Gasteiger partial charge in [0.1, 0.15) is 5.54 Å². The van der Waals surface area contributed by atoms with E-state index in [4.69, 9.17) is 4.74 Å². The number of hydrogen-bond acceptors (Lipinski definition) is 5. The van der Waals surface area contributed by atoms with E-state index in [1.165, 1.54) is 28.4 Å². The van der Waals surface area contributed by atoms with Crippen LogP contribution in [0.2, 0.25) is 0 Å². The Kier molecular flexibility index (Phi) is 8.10. The zero-order chi connectivity index (χ0) is 27.5. The van der Waals surface area contributed by atoms with E-state index in [2.05, 4.69) is 0 Å². The summed E-state index contributed by atoms with van der Waals surface area (Å²) in [6, 6.07) is 12.2. The second kappa shape index (κ2) is 11.1. The second-order valence-electron chi connectivity index (χ2n) is 9.46. The lowest BCUT2D eigenvalue weighted by Gasteiger charge is -2.51. The molecule has 38 heavy (non-hydrogen) atoms. The third-order valence-electron chi connectivity index (χ3n) is 6.89. The van der Waals surface area contributed by atoms with Crippen LogP contribution >= 0.6 is 11.3 Å². The van der Waals surface area contributed by atoms with Crippen LogP contribution < -0.4 is 0 Å². The van der Waals surface area contributed by atoms with Crippen molar-refractivity contribution >= 4 is 39.2 Å². The van der Waals surface area contributed by atoms with E-state index in [1.807, 2.05) is 24.3 Å². The molecular weight excluding hydrogens is 517 g/mol. The SMILES string of the molecule is CCOC(=O)CCCN(Cc1ccc(C(F)(F)F)cc1)C(=O)C1(C)CCN1C(=O)c1csc2ccccc12. The standard InChI is InChI=1S/C28H29F3N2O4S/c1-3-37-24(34)9-6-15-32(17-19-10-12-20(13-11-19)28(29,30)31)26(36)27(2)14-16-33(27)25(35)22-18-38-23-8-5-4-7-21(22)23/h4-5,7-8,10-13,18H,3,6,9,14-17H2,1-2H3. The van der Waals surface area contributed by atoms with Crippen molar-refractivity contribution < 1.29 is 32.3 Å². The van der Waals surface area contributed by atoms with Crippen LogP contribution in [0.1, 0.15) is 54.6 Å². The van der Waals surface area contributed by atoms with Crippen molar-refractivity contribution in [3.8, 4) is 0 Å². The van der Waals surface area contributed by atoms with Crippen molar-refractivity contribution in [3.05, 3.63) is 70.6 Å². The lowest BCUT2D eigenvalue weighted by Crippen LogP contribution is -2.67. The summed E-state index contributed by atoms with van der Waals surface area (Å²) in [4.78, 5) is 42.3. The molecule has 1 aromatic heterocycles. The Morgan fingerprint density at radius 1 is 1.11 bits per heavy atom. The topological polar surface area (TPSA) is 66.9 Å².